The van der Waals surface area contributed by atoms with E-state index in [4.69, 9.17) is 0 Å². The van der Waals surface area contributed by atoms with Crippen molar-refractivity contribution in [1.29, 1.82) is 0 Å². The van der Waals surface area contributed by atoms with Crippen LogP contribution in [-0.4, -0.2) is 32.6 Å². The van der Waals surface area contributed by atoms with Crippen molar-refractivity contribution in [2.75, 3.05) is 7.05 Å². The van der Waals surface area contributed by atoms with Crippen LogP contribution < -0.4 is 5.43 Å². The van der Waals surface area contributed by atoms with Gasteiger partial charge in [-0.05, 0) is 31.2 Å². The van der Waals surface area contributed by atoms with E-state index in [2.05, 4.69) is 10.1 Å². The third kappa shape index (κ3) is 3.21. The zero-order valence-corrected chi connectivity index (χ0v) is 15.8. The fraction of sp³-hybridized carbons (Fsp3) is 0.200. The summed E-state index contributed by atoms with van der Waals surface area (Å²) in [6.45, 7) is 2.03. The molecule has 0 saturated heterocycles. The van der Waals surface area contributed by atoms with Gasteiger partial charge in [0.25, 0.3) is 0 Å². The first kappa shape index (κ1) is 17.4. The highest BCUT2D eigenvalue weighted by Crippen LogP contribution is 2.28. The molecule has 6 nitrogen and oxygen atoms in total. The van der Waals surface area contributed by atoms with Gasteiger partial charge in [0, 0.05) is 12.4 Å². The summed E-state index contributed by atoms with van der Waals surface area (Å²) in [5.74, 6) is -0.0944. The quantitative estimate of drug-likeness (QED) is 0.547. The third-order valence-corrected chi connectivity index (χ3v) is 5.90. The summed E-state index contributed by atoms with van der Waals surface area (Å²) in [4.78, 5) is 31.1. The minimum absolute atomic E-state index is 0.0620. The van der Waals surface area contributed by atoms with Crippen LogP contribution in [0, 0.1) is 0 Å². The summed E-state index contributed by atoms with van der Waals surface area (Å²) in [5, 5.41) is 5.59. The fourth-order valence-corrected chi connectivity index (χ4v) is 4.04. The van der Waals surface area contributed by atoms with Crippen molar-refractivity contribution in [3.63, 3.8) is 0 Å². The minimum Gasteiger partial charge on any atom is -0.335 e. The lowest BCUT2D eigenvalue weighted by Gasteiger charge is -2.23. The lowest BCUT2D eigenvalue weighted by Crippen LogP contribution is -2.33. The fourth-order valence-electron chi connectivity index (χ4n) is 2.98. The van der Waals surface area contributed by atoms with Gasteiger partial charge < -0.3 is 4.90 Å². The number of para-hydroxylation sites is 2. The minimum atomic E-state index is -0.152. The van der Waals surface area contributed by atoms with Gasteiger partial charge in [-0.3, -0.25) is 14.3 Å². The molecule has 4 aromatic rings. The molecule has 0 aliphatic carbocycles. The van der Waals surface area contributed by atoms with E-state index in [1.54, 1.807) is 46.2 Å². The van der Waals surface area contributed by atoms with Crippen LogP contribution in [-0.2, 0) is 11.3 Å². The van der Waals surface area contributed by atoms with E-state index in [0.29, 0.717) is 10.9 Å². The molecule has 0 aliphatic rings. The van der Waals surface area contributed by atoms with E-state index in [-0.39, 0.29) is 23.9 Å². The first-order chi connectivity index (χ1) is 13.0. The van der Waals surface area contributed by atoms with Gasteiger partial charge in [0.1, 0.15) is 11.6 Å². The second kappa shape index (κ2) is 6.92. The van der Waals surface area contributed by atoms with Crippen molar-refractivity contribution in [2.45, 2.75) is 19.5 Å². The highest BCUT2D eigenvalue weighted by molar-refractivity contribution is 7.18. The summed E-state index contributed by atoms with van der Waals surface area (Å²) in [5.41, 5.74) is 1.45. The second-order valence-corrected chi connectivity index (χ2v) is 7.45. The maximum Gasteiger partial charge on any atom is 0.244 e. The number of aromatic nitrogens is 3. The largest absolute Gasteiger partial charge is 0.335 e. The van der Waals surface area contributed by atoms with Crippen molar-refractivity contribution in [3.8, 4) is 0 Å². The van der Waals surface area contributed by atoms with Gasteiger partial charge in [-0.2, -0.15) is 5.10 Å². The van der Waals surface area contributed by atoms with Crippen molar-refractivity contribution >= 4 is 38.4 Å². The number of hydrogen-bond acceptors (Lipinski definition) is 5. The summed E-state index contributed by atoms with van der Waals surface area (Å²) >= 11 is 1.59. The Bertz CT molecular complexity index is 1160. The summed E-state index contributed by atoms with van der Waals surface area (Å²) in [6.07, 6.45) is 1.26. The molecule has 1 atom stereocenters. The molecule has 0 radical (unpaired) electrons. The van der Waals surface area contributed by atoms with Crippen LogP contribution in [0.2, 0.25) is 0 Å². The second-order valence-electron chi connectivity index (χ2n) is 6.38. The van der Waals surface area contributed by atoms with E-state index in [9.17, 15) is 9.59 Å². The van der Waals surface area contributed by atoms with Crippen LogP contribution in [0.4, 0.5) is 0 Å². The van der Waals surface area contributed by atoms with E-state index in [1.165, 1.54) is 6.20 Å². The molecule has 0 fully saturated rings. The molecule has 1 amide bonds. The highest BCUT2D eigenvalue weighted by Gasteiger charge is 2.21. The molecular weight excluding hydrogens is 360 g/mol. The average molecular weight is 378 g/mol. The Kier molecular flexibility index (Phi) is 4.45. The number of likely N-dealkylation sites (N-methyl/N-ethyl adjacent to an activating group) is 1. The predicted octanol–water partition coefficient (Wildman–Crippen LogP) is 3.23. The molecule has 0 spiro atoms. The van der Waals surface area contributed by atoms with Crippen LogP contribution in [0.25, 0.3) is 21.1 Å². The first-order valence-electron chi connectivity index (χ1n) is 8.60. The molecule has 27 heavy (non-hydrogen) atoms. The molecule has 7 heteroatoms. The average Bonchev–Trinajstić information content (AvgIpc) is 3.13. The topological polar surface area (TPSA) is 68.1 Å². The van der Waals surface area contributed by atoms with E-state index >= 15 is 0 Å². The lowest BCUT2D eigenvalue weighted by atomic mass is 10.2. The number of benzene rings is 2. The molecule has 2 aromatic heterocycles. The van der Waals surface area contributed by atoms with Gasteiger partial charge in [-0.1, -0.05) is 24.3 Å². The Morgan fingerprint density at radius 1 is 1.19 bits per heavy atom. The maximum absolute atomic E-state index is 12.8. The number of carbonyl (C=O) groups excluding carboxylic acids is 1. The lowest BCUT2D eigenvalue weighted by molar-refractivity contribution is -0.132. The van der Waals surface area contributed by atoms with Crippen LogP contribution in [0.5, 0.6) is 0 Å². The standard InChI is InChI=1S/C20H18N4O2S/c1-13(20-22-15-8-4-6-10-18(15)27-20)23(2)19(26)12-24-16-9-5-3-7-14(16)17(25)11-21-24/h3-11,13H,12H2,1-2H3/t13-/m0/s1. The molecule has 0 unspecified atom stereocenters. The zero-order valence-electron chi connectivity index (χ0n) is 15.0. The Morgan fingerprint density at radius 3 is 2.74 bits per heavy atom. The number of rotatable bonds is 4. The summed E-state index contributed by atoms with van der Waals surface area (Å²) in [6, 6.07) is 15.0. The van der Waals surface area contributed by atoms with Crippen LogP contribution in [0.3, 0.4) is 0 Å². The number of hydrogen-bond donors (Lipinski definition) is 0. The predicted molar refractivity (Wildman–Crippen MR) is 107 cm³/mol. The van der Waals surface area contributed by atoms with Crippen LogP contribution in [0.1, 0.15) is 18.0 Å². The molecule has 0 N–H and O–H groups in total. The molecule has 2 aromatic carbocycles. The van der Waals surface area contributed by atoms with E-state index < -0.39 is 0 Å². The molecule has 2 heterocycles. The normalized spacial score (nSPS) is 12.4. The Morgan fingerprint density at radius 2 is 1.93 bits per heavy atom. The van der Waals surface area contributed by atoms with Crippen molar-refractivity contribution in [2.24, 2.45) is 0 Å². The maximum atomic E-state index is 12.8. The Balaban J connectivity index is 1.59. The number of amides is 1. The molecule has 136 valence electrons. The van der Waals surface area contributed by atoms with Crippen LogP contribution >= 0.6 is 11.3 Å². The summed E-state index contributed by atoms with van der Waals surface area (Å²) in [7, 11) is 1.77. The van der Waals surface area contributed by atoms with Gasteiger partial charge in [0.2, 0.25) is 11.3 Å². The molecule has 0 bridgehead atoms. The number of fused-ring (bicyclic) bond motifs is 2. The molecule has 0 aliphatic heterocycles. The molecular formula is C20H18N4O2S. The highest BCUT2D eigenvalue weighted by atomic mass is 32.1. The van der Waals surface area contributed by atoms with Crippen LogP contribution in [0.15, 0.2) is 59.5 Å². The smallest absolute Gasteiger partial charge is 0.244 e. The number of carbonyl (C=O) groups is 1. The zero-order chi connectivity index (χ0) is 19.0. The van der Waals surface area contributed by atoms with Gasteiger partial charge in [0.05, 0.1) is 28.0 Å². The third-order valence-electron chi connectivity index (χ3n) is 4.69. The summed E-state index contributed by atoms with van der Waals surface area (Å²) < 4.78 is 2.67. The molecule has 4 rings (SSSR count). The monoisotopic (exact) mass is 378 g/mol. The first-order valence-corrected chi connectivity index (χ1v) is 9.42. The van der Waals surface area contributed by atoms with Crippen molar-refractivity contribution in [3.05, 3.63) is 70.0 Å². The van der Waals surface area contributed by atoms with Gasteiger partial charge in [0.15, 0.2) is 0 Å². The van der Waals surface area contributed by atoms with E-state index in [1.807, 2.05) is 37.3 Å². The van der Waals surface area contributed by atoms with Gasteiger partial charge in [-0.15, -0.1) is 11.3 Å². The Labute approximate surface area is 159 Å². The number of nitrogens with zero attached hydrogens (tertiary/aromatic N) is 4. The van der Waals surface area contributed by atoms with Crippen molar-refractivity contribution < 1.29 is 4.79 Å². The molecule has 0 saturated carbocycles. The van der Waals surface area contributed by atoms with Gasteiger partial charge in [-0.25, -0.2) is 4.98 Å². The number of thiazole rings is 1. The van der Waals surface area contributed by atoms with E-state index in [0.717, 1.165) is 15.2 Å². The van der Waals surface area contributed by atoms with Gasteiger partial charge >= 0.3 is 0 Å². The SMILES string of the molecule is C[C@@H](c1nc2ccccc2s1)N(C)C(=O)Cn1ncc(=O)c2ccccc21. The Hall–Kier alpha value is -3.06. The van der Waals surface area contributed by atoms with Crippen molar-refractivity contribution in [1.82, 2.24) is 19.7 Å².